The monoisotopic (exact) mass is 282 g/mol. The molecule has 6 nitrogen and oxygen atoms in total. The predicted molar refractivity (Wildman–Crippen MR) is 58.2 cm³/mol. The number of aryl methyl sites for hydroxylation is 1. The van der Waals surface area contributed by atoms with Crippen molar-refractivity contribution >= 4 is 21.8 Å². The summed E-state index contributed by atoms with van der Waals surface area (Å²) in [5, 5.41) is 0. The van der Waals surface area contributed by atoms with E-state index in [0.717, 1.165) is 5.56 Å². The molecule has 0 atom stereocenters. The second-order valence-corrected chi connectivity index (χ2v) is 4.49. The van der Waals surface area contributed by atoms with Gasteiger partial charge in [0.15, 0.2) is 0 Å². The third kappa shape index (κ3) is 6.79. The summed E-state index contributed by atoms with van der Waals surface area (Å²) in [7, 11) is -3.50. The minimum atomic E-state index is -3.50. The van der Waals surface area contributed by atoms with Crippen LogP contribution in [0, 0.1) is 6.92 Å². The minimum Gasteiger partial charge on any atom is -0.412 e. The van der Waals surface area contributed by atoms with Crippen molar-refractivity contribution in [1.29, 1.82) is 0 Å². The molecule has 9 heteroatoms. The minimum absolute atomic E-state index is 0. The van der Waals surface area contributed by atoms with Crippen molar-refractivity contribution in [3.8, 4) is 0 Å². The van der Waals surface area contributed by atoms with E-state index in [9.17, 15) is 8.42 Å². The molecule has 0 aliphatic heterocycles. The molecule has 0 bridgehead atoms. The fourth-order valence-corrected chi connectivity index (χ4v) is 1.61. The van der Waals surface area contributed by atoms with E-state index in [1.165, 1.54) is 12.1 Å². The summed E-state index contributed by atoms with van der Waals surface area (Å²) in [5.74, 6) is 0. The van der Waals surface area contributed by atoms with Crippen molar-refractivity contribution in [3.05, 3.63) is 29.8 Å². The molecule has 0 amide bonds. The number of nitrogens with one attached hydrogen (secondary N) is 1. The Bertz CT molecular complexity index is 369. The normalized spacial score (nSPS) is 8.62. The van der Waals surface area contributed by atoms with Crippen LogP contribution in [0.1, 0.15) is 5.56 Å². The van der Waals surface area contributed by atoms with Crippen LogP contribution in [0.5, 0.6) is 0 Å². The Morgan fingerprint density at radius 2 is 1.44 bits per heavy atom. The largest absolute Gasteiger partial charge is 1.00 e. The van der Waals surface area contributed by atoms with E-state index in [2.05, 4.69) is 0 Å². The topological polar surface area (TPSA) is 141 Å². The van der Waals surface area contributed by atoms with Crippen LogP contribution >= 0.6 is 11.8 Å². The van der Waals surface area contributed by atoms with Crippen molar-refractivity contribution in [3.63, 3.8) is 0 Å². The van der Waals surface area contributed by atoms with E-state index in [0.29, 0.717) is 0 Å². The molecule has 0 radical (unpaired) electrons. The number of rotatable bonds is 2. The zero-order valence-electron chi connectivity index (χ0n) is 8.91. The van der Waals surface area contributed by atoms with Crippen LogP contribution in [0.15, 0.2) is 29.2 Å². The fourth-order valence-electron chi connectivity index (χ4n) is 0.762. The molecule has 0 saturated heterocycles. The quantitative estimate of drug-likeness (QED) is 0.435. The Labute approximate surface area is 121 Å². The van der Waals surface area contributed by atoms with E-state index in [4.69, 9.17) is 11.8 Å². The van der Waals surface area contributed by atoms with Crippen molar-refractivity contribution in [2.45, 2.75) is 11.8 Å². The van der Waals surface area contributed by atoms with E-state index in [1.54, 1.807) is 16.4 Å². The fraction of sp³-hybridized carbons (Fsp3) is 0.143. The van der Waals surface area contributed by atoms with Crippen LogP contribution in [0.4, 0.5) is 0 Å². The van der Waals surface area contributed by atoms with Crippen LogP contribution in [-0.4, -0.2) is 24.8 Å². The van der Waals surface area contributed by atoms with Crippen LogP contribution in [0.25, 0.3) is 0 Å². The Balaban J connectivity index is -0.000000180. The van der Waals surface area contributed by atoms with Crippen LogP contribution in [-0.2, 0) is 10.0 Å². The number of hydrogen-bond donors (Lipinski definition) is 1. The van der Waals surface area contributed by atoms with E-state index >= 15 is 0 Å². The molecule has 0 fully saturated rings. The van der Waals surface area contributed by atoms with Gasteiger partial charge in [0.2, 0.25) is 0 Å². The summed E-state index contributed by atoms with van der Waals surface area (Å²) >= 11 is 5.03. The van der Waals surface area contributed by atoms with Gasteiger partial charge < -0.3 is 16.4 Å². The maximum Gasteiger partial charge on any atom is 1.00 e. The molecular weight excluding hydrogens is 269 g/mol. The van der Waals surface area contributed by atoms with Crippen molar-refractivity contribution < 1.29 is 54.4 Å². The molecule has 0 spiro atoms. The molecule has 0 unspecified atom stereocenters. The maximum absolute atomic E-state index is 11.1. The first kappa shape index (κ1) is 25.2. The predicted octanol–water partition coefficient (Wildman–Crippen LogP) is -4.04. The average Bonchev–Trinajstić information content (AvgIpc) is 2.05. The van der Waals surface area contributed by atoms with Gasteiger partial charge in [0.1, 0.15) is 0 Å². The van der Waals surface area contributed by atoms with Gasteiger partial charge in [-0.2, -0.15) is 0 Å². The van der Waals surface area contributed by atoms with Crippen molar-refractivity contribution in [2.75, 3.05) is 0 Å². The van der Waals surface area contributed by atoms with Gasteiger partial charge in [-0.25, -0.2) is 8.42 Å². The Kier molecular flexibility index (Phi) is 16.5. The van der Waals surface area contributed by atoms with E-state index in [1.807, 2.05) is 6.92 Å². The number of sulfonamides is 1. The van der Waals surface area contributed by atoms with Gasteiger partial charge in [-0.1, -0.05) is 17.7 Å². The zero-order valence-corrected chi connectivity index (χ0v) is 12.5. The van der Waals surface area contributed by atoms with Gasteiger partial charge >= 0.3 is 29.6 Å². The third-order valence-electron chi connectivity index (χ3n) is 1.43. The first-order chi connectivity index (χ1) is 5.56. The first-order valence-corrected chi connectivity index (χ1v) is 5.11. The van der Waals surface area contributed by atoms with Gasteiger partial charge in [-0.05, 0) is 30.8 Å². The molecular formula is C7H14ClNNaO5S+. The summed E-state index contributed by atoms with van der Waals surface area (Å²) in [6.07, 6.45) is 0. The standard InChI is InChI=1S/C7H8ClNO2S.Na.3H2O/c1-6-2-4-7(5-3-6)12(10,11)9-8;;;;/h2-5,9H,1H3;;3*1H2/q;+1;;;. The summed E-state index contributed by atoms with van der Waals surface area (Å²) in [5.41, 5.74) is 1.00. The smallest absolute Gasteiger partial charge is 0.412 e. The molecule has 0 aromatic heterocycles. The Morgan fingerprint density at radius 3 is 1.75 bits per heavy atom. The summed E-state index contributed by atoms with van der Waals surface area (Å²) in [6, 6.07) is 6.42. The second-order valence-electron chi connectivity index (χ2n) is 2.39. The third-order valence-corrected chi connectivity index (χ3v) is 3.14. The van der Waals surface area contributed by atoms with Gasteiger partial charge in [0.05, 0.1) is 4.90 Å². The van der Waals surface area contributed by atoms with Crippen LogP contribution in [0.3, 0.4) is 0 Å². The summed E-state index contributed by atoms with van der Waals surface area (Å²) in [4.78, 5) is 0.170. The van der Waals surface area contributed by atoms with Crippen LogP contribution in [0.2, 0.25) is 0 Å². The van der Waals surface area contributed by atoms with E-state index in [-0.39, 0.29) is 50.9 Å². The van der Waals surface area contributed by atoms with Crippen molar-refractivity contribution in [1.82, 2.24) is 4.24 Å². The summed E-state index contributed by atoms with van der Waals surface area (Å²) < 4.78 is 23.9. The molecule has 1 rings (SSSR count). The molecule has 90 valence electrons. The number of benzene rings is 1. The van der Waals surface area contributed by atoms with Gasteiger partial charge in [0, 0.05) is 0 Å². The molecule has 7 N–H and O–H groups in total. The van der Waals surface area contributed by atoms with Crippen molar-refractivity contribution in [2.24, 2.45) is 0 Å². The summed E-state index contributed by atoms with van der Waals surface area (Å²) in [6.45, 7) is 1.88. The Morgan fingerprint density at radius 1 is 1.06 bits per heavy atom. The molecule has 1 aromatic carbocycles. The van der Waals surface area contributed by atoms with E-state index < -0.39 is 10.0 Å². The number of halogens is 1. The van der Waals surface area contributed by atoms with Crippen LogP contribution < -0.4 is 33.8 Å². The maximum atomic E-state index is 11.1. The molecule has 16 heavy (non-hydrogen) atoms. The SMILES string of the molecule is Cc1ccc(S(=O)(=O)NCl)cc1.O.O.O.[Na+]. The average molecular weight is 283 g/mol. The van der Waals surface area contributed by atoms with Gasteiger partial charge in [-0.15, -0.1) is 4.24 Å². The second kappa shape index (κ2) is 10.5. The number of hydrogen-bond acceptors (Lipinski definition) is 2. The van der Waals surface area contributed by atoms with Gasteiger partial charge in [-0.3, -0.25) is 0 Å². The Hall–Kier alpha value is 0.300. The molecule has 0 aliphatic carbocycles. The molecule has 0 saturated carbocycles. The van der Waals surface area contributed by atoms with Gasteiger partial charge in [0.25, 0.3) is 10.0 Å². The first-order valence-electron chi connectivity index (χ1n) is 3.25. The zero-order chi connectivity index (χ0) is 9.19. The molecule has 0 aliphatic rings. The molecule has 0 heterocycles. The molecule has 1 aromatic rings.